The SMILES string of the molecule is Oc1nc2nnnc-2c(O)n1-c1c(F)ccc(F)c1F. The lowest BCUT2D eigenvalue weighted by molar-refractivity contribution is 0.365. The Morgan fingerprint density at radius 1 is 1.00 bits per heavy atom. The van der Waals surface area contributed by atoms with Crippen molar-refractivity contribution in [2.75, 3.05) is 0 Å². The number of aromatic hydroxyl groups is 2. The minimum absolute atomic E-state index is 0.228. The lowest BCUT2D eigenvalue weighted by atomic mass is 10.2. The Bertz CT molecular complexity index is 791. The van der Waals surface area contributed by atoms with Gasteiger partial charge in [-0.2, -0.15) is 4.98 Å². The van der Waals surface area contributed by atoms with Gasteiger partial charge >= 0.3 is 6.01 Å². The number of halogens is 3. The highest BCUT2D eigenvalue weighted by Gasteiger charge is 2.26. The summed E-state index contributed by atoms with van der Waals surface area (Å²) < 4.78 is 40.8. The molecule has 1 aromatic rings. The van der Waals surface area contributed by atoms with Gasteiger partial charge < -0.3 is 10.2 Å². The molecule has 0 spiro atoms. The van der Waals surface area contributed by atoms with E-state index in [4.69, 9.17) is 0 Å². The van der Waals surface area contributed by atoms with Crippen molar-refractivity contribution in [3.8, 4) is 29.1 Å². The van der Waals surface area contributed by atoms with Gasteiger partial charge in [-0.15, -0.1) is 10.2 Å². The third kappa shape index (κ3) is 1.54. The van der Waals surface area contributed by atoms with Gasteiger partial charge in [0, 0.05) is 0 Å². The summed E-state index contributed by atoms with van der Waals surface area (Å²) >= 11 is 0. The summed E-state index contributed by atoms with van der Waals surface area (Å²) in [5, 5.41) is 29.5. The van der Waals surface area contributed by atoms with E-state index in [0.29, 0.717) is 12.1 Å². The molecule has 10 heteroatoms. The zero-order valence-electron chi connectivity index (χ0n) is 9.42. The van der Waals surface area contributed by atoms with E-state index in [9.17, 15) is 23.4 Å². The van der Waals surface area contributed by atoms with Crippen LogP contribution in [0.5, 0.6) is 11.9 Å². The molecule has 0 bridgehead atoms. The molecule has 2 aliphatic heterocycles. The van der Waals surface area contributed by atoms with Crippen molar-refractivity contribution in [2.45, 2.75) is 0 Å². The van der Waals surface area contributed by atoms with E-state index in [1.165, 1.54) is 0 Å². The van der Waals surface area contributed by atoms with Crippen molar-refractivity contribution in [1.82, 2.24) is 25.0 Å². The third-order valence-electron chi connectivity index (χ3n) is 2.57. The molecule has 0 saturated heterocycles. The van der Waals surface area contributed by atoms with Crippen LogP contribution in [0.3, 0.4) is 0 Å². The highest BCUT2D eigenvalue weighted by molar-refractivity contribution is 5.60. The molecule has 0 aromatic heterocycles. The average molecular weight is 283 g/mol. The first kappa shape index (κ1) is 12.1. The van der Waals surface area contributed by atoms with Gasteiger partial charge in [0.1, 0.15) is 5.69 Å². The quantitative estimate of drug-likeness (QED) is 0.646. The van der Waals surface area contributed by atoms with Crippen molar-refractivity contribution in [3.05, 3.63) is 29.6 Å². The summed E-state index contributed by atoms with van der Waals surface area (Å²) in [5.41, 5.74) is -1.33. The number of hydrogen-bond donors (Lipinski definition) is 2. The molecule has 0 atom stereocenters. The molecule has 20 heavy (non-hydrogen) atoms. The Balaban J connectivity index is 2.42. The molecule has 102 valence electrons. The number of fused-ring (bicyclic) bond motifs is 1. The standard InChI is InChI=1S/C10H4F3N5O2/c11-3-1-2-4(12)7(5(3)13)18-9(19)6-8(14-10(18)20)16-17-15-6/h1-2,19H,(H,14,15,16,20). The second-order valence-electron chi connectivity index (χ2n) is 3.72. The second kappa shape index (κ2) is 4.05. The van der Waals surface area contributed by atoms with E-state index >= 15 is 0 Å². The van der Waals surface area contributed by atoms with Crippen molar-refractivity contribution in [3.63, 3.8) is 0 Å². The van der Waals surface area contributed by atoms with Gasteiger partial charge in [0.05, 0.1) is 0 Å². The van der Waals surface area contributed by atoms with Crippen molar-refractivity contribution >= 4 is 0 Å². The predicted molar refractivity (Wildman–Crippen MR) is 56.8 cm³/mol. The summed E-state index contributed by atoms with van der Waals surface area (Å²) in [4.78, 5) is 3.45. The van der Waals surface area contributed by atoms with Crippen LogP contribution in [0.15, 0.2) is 12.1 Å². The Morgan fingerprint density at radius 2 is 1.70 bits per heavy atom. The number of hydrogen-bond acceptors (Lipinski definition) is 6. The molecule has 0 unspecified atom stereocenters. The van der Waals surface area contributed by atoms with E-state index in [0.717, 1.165) is 0 Å². The van der Waals surface area contributed by atoms with Gasteiger partial charge in [0.25, 0.3) is 0 Å². The lowest BCUT2D eigenvalue weighted by Crippen LogP contribution is -2.08. The number of nitrogens with zero attached hydrogens (tertiary/aromatic N) is 5. The maximum absolute atomic E-state index is 13.7. The molecule has 2 N–H and O–H groups in total. The first-order valence-corrected chi connectivity index (χ1v) is 5.14. The maximum Gasteiger partial charge on any atom is 0.303 e. The van der Waals surface area contributed by atoms with Crippen molar-refractivity contribution in [2.24, 2.45) is 0 Å². The van der Waals surface area contributed by atoms with Crippen LogP contribution in [-0.2, 0) is 0 Å². The highest BCUT2D eigenvalue weighted by atomic mass is 19.2. The monoisotopic (exact) mass is 283 g/mol. The highest BCUT2D eigenvalue weighted by Crippen LogP contribution is 2.34. The summed E-state index contributed by atoms with van der Waals surface area (Å²) in [6.07, 6.45) is 0. The smallest absolute Gasteiger partial charge is 0.303 e. The minimum Gasteiger partial charge on any atom is -0.492 e. The van der Waals surface area contributed by atoms with Crippen LogP contribution in [0.2, 0.25) is 0 Å². The van der Waals surface area contributed by atoms with Crippen LogP contribution >= 0.6 is 0 Å². The van der Waals surface area contributed by atoms with Gasteiger partial charge in [0.2, 0.25) is 11.7 Å². The molecule has 0 saturated carbocycles. The summed E-state index contributed by atoms with van der Waals surface area (Å²) in [6, 6.07) is 0.206. The van der Waals surface area contributed by atoms with Crippen LogP contribution in [-0.4, -0.2) is 35.2 Å². The molecule has 0 radical (unpaired) electrons. The molecule has 1 aromatic carbocycles. The number of aromatic nitrogens is 5. The first-order valence-electron chi connectivity index (χ1n) is 5.14. The lowest BCUT2D eigenvalue weighted by Gasteiger charge is -2.14. The van der Waals surface area contributed by atoms with Crippen molar-refractivity contribution in [1.29, 1.82) is 0 Å². The largest absolute Gasteiger partial charge is 0.492 e. The van der Waals surface area contributed by atoms with Gasteiger partial charge in [-0.25, -0.2) is 17.7 Å². The third-order valence-corrected chi connectivity index (χ3v) is 2.57. The zero-order chi connectivity index (χ0) is 14.4. The van der Waals surface area contributed by atoms with E-state index in [-0.39, 0.29) is 16.1 Å². The fourth-order valence-electron chi connectivity index (χ4n) is 1.69. The van der Waals surface area contributed by atoms with Gasteiger partial charge in [-0.3, -0.25) is 0 Å². The van der Waals surface area contributed by atoms with Gasteiger partial charge in [-0.05, 0) is 17.3 Å². The molecular formula is C10H4F3N5O2. The molecule has 2 aliphatic rings. The molecule has 3 rings (SSSR count). The summed E-state index contributed by atoms with van der Waals surface area (Å²) in [5.74, 6) is -5.28. The average Bonchev–Trinajstić information content (AvgIpc) is 2.86. The van der Waals surface area contributed by atoms with Crippen LogP contribution in [0.4, 0.5) is 13.2 Å². The second-order valence-corrected chi connectivity index (χ2v) is 3.72. The van der Waals surface area contributed by atoms with E-state index in [2.05, 4.69) is 20.4 Å². The van der Waals surface area contributed by atoms with E-state index in [1.54, 1.807) is 0 Å². The van der Waals surface area contributed by atoms with Crippen LogP contribution in [0.1, 0.15) is 0 Å². The Kier molecular flexibility index (Phi) is 2.46. The van der Waals surface area contributed by atoms with Crippen LogP contribution in [0.25, 0.3) is 17.2 Å². The predicted octanol–water partition coefficient (Wildman–Crippen LogP) is 0.991. The fraction of sp³-hybridized carbons (Fsp3) is 0. The van der Waals surface area contributed by atoms with Gasteiger partial charge in [-0.1, -0.05) is 0 Å². The molecule has 7 nitrogen and oxygen atoms in total. The molecule has 2 heterocycles. The summed E-state index contributed by atoms with van der Waals surface area (Å²) in [7, 11) is 0. The van der Waals surface area contributed by atoms with Crippen molar-refractivity contribution < 1.29 is 23.4 Å². The number of benzene rings is 1. The normalized spacial score (nSPS) is 11.2. The van der Waals surface area contributed by atoms with Crippen LogP contribution in [0, 0.1) is 17.5 Å². The molecule has 0 amide bonds. The minimum atomic E-state index is -1.60. The topological polar surface area (TPSA) is 97.0 Å². The summed E-state index contributed by atoms with van der Waals surface area (Å²) in [6.45, 7) is 0. The first-order chi connectivity index (χ1) is 9.50. The van der Waals surface area contributed by atoms with E-state index < -0.39 is 35.0 Å². The van der Waals surface area contributed by atoms with E-state index in [1.807, 2.05) is 0 Å². The fourth-order valence-corrected chi connectivity index (χ4v) is 1.69. The molecule has 0 aliphatic carbocycles. The van der Waals surface area contributed by atoms with Crippen LogP contribution < -0.4 is 0 Å². The Morgan fingerprint density at radius 3 is 2.45 bits per heavy atom. The Labute approximate surface area is 108 Å². The molecular weight excluding hydrogens is 279 g/mol. The Hall–Kier alpha value is -2.91. The number of rotatable bonds is 1. The molecule has 0 fully saturated rings. The maximum atomic E-state index is 13.7. The van der Waals surface area contributed by atoms with Gasteiger partial charge in [0.15, 0.2) is 23.1 Å². The zero-order valence-corrected chi connectivity index (χ0v) is 9.42.